The molecule has 0 saturated heterocycles. The number of aliphatic hydroxyl groups is 1. The lowest BCUT2D eigenvalue weighted by atomic mass is 9.96. The van der Waals surface area contributed by atoms with Crippen LogP contribution in [0.1, 0.15) is 18.0 Å². The van der Waals surface area contributed by atoms with Crippen molar-refractivity contribution in [2.45, 2.75) is 12.5 Å². The van der Waals surface area contributed by atoms with E-state index in [2.05, 4.69) is 26.0 Å². The molecule has 1 atom stereocenters. The summed E-state index contributed by atoms with van der Waals surface area (Å²) >= 11 is 3.40. The van der Waals surface area contributed by atoms with Crippen molar-refractivity contribution in [2.75, 3.05) is 14.2 Å². The Balaban J connectivity index is 2.36. The van der Waals surface area contributed by atoms with E-state index in [1.807, 2.05) is 0 Å². The average Bonchev–Trinajstić information content (AvgIpc) is 2.46. The van der Waals surface area contributed by atoms with Crippen LogP contribution in [0.2, 0.25) is 0 Å². The molecule has 1 amide bonds. The molecule has 21 heavy (non-hydrogen) atoms. The van der Waals surface area contributed by atoms with Gasteiger partial charge in [0, 0.05) is 10.9 Å². The number of rotatable bonds is 3. The lowest BCUT2D eigenvalue weighted by Crippen LogP contribution is -2.38. The Morgan fingerprint density at radius 3 is 2.71 bits per heavy atom. The third-order valence-corrected chi connectivity index (χ3v) is 3.91. The number of hydrogen-bond donors (Lipinski definition) is 2. The van der Waals surface area contributed by atoms with Crippen LogP contribution in [0.15, 0.2) is 34.0 Å². The molecule has 0 bridgehead atoms. The Morgan fingerprint density at radius 2 is 2.14 bits per heavy atom. The van der Waals surface area contributed by atoms with Crippen molar-refractivity contribution < 1.29 is 24.2 Å². The van der Waals surface area contributed by atoms with E-state index >= 15 is 0 Å². The summed E-state index contributed by atoms with van der Waals surface area (Å²) in [5.41, 5.74) is 0.394. The molecule has 7 heteroatoms. The number of carbonyl (C=O) groups excluding carboxylic acids is 2. The first-order valence-electron chi connectivity index (χ1n) is 6.12. The summed E-state index contributed by atoms with van der Waals surface area (Å²) < 4.78 is 10.4. The van der Waals surface area contributed by atoms with Crippen LogP contribution in [0.25, 0.3) is 0 Å². The van der Waals surface area contributed by atoms with Crippen molar-refractivity contribution >= 4 is 27.8 Å². The Labute approximate surface area is 129 Å². The van der Waals surface area contributed by atoms with E-state index in [1.165, 1.54) is 0 Å². The number of halogens is 1. The summed E-state index contributed by atoms with van der Waals surface area (Å²) in [5.74, 6) is -1.17. The van der Waals surface area contributed by atoms with Crippen LogP contribution in [-0.4, -0.2) is 31.2 Å². The second kappa shape index (κ2) is 6.17. The van der Waals surface area contributed by atoms with Crippen LogP contribution in [0.5, 0.6) is 5.75 Å². The van der Waals surface area contributed by atoms with Crippen molar-refractivity contribution in [1.29, 1.82) is 0 Å². The van der Waals surface area contributed by atoms with E-state index in [-0.39, 0.29) is 17.8 Å². The molecule has 1 heterocycles. The first-order chi connectivity index (χ1) is 9.97. The van der Waals surface area contributed by atoms with E-state index in [9.17, 15) is 14.7 Å². The van der Waals surface area contributed by atoms with E-state index in [0.717, 1.165) is 17.1 Å². The van der Waals surface area contributed by atoms with Gasteiger partial charge in [-0.25, -0.2) is 4.79 Å². The van der Waals surface area contributed by atoms with Crippen molar-refractivity contribution in [1.82, 2.24) is 5.32 Å². The third-order valence-electron chi connectivity index (χ3n) is 3.19. The van der Waals surface area contributed by atoms with Crippen LogP contribution < -0.4 is 10.1 Å². The highest BCUT2D eigenvalue weighted by atomic mass is 79.9. The Bertz CT molecular complexity index is 626. The van der Waals surface area contributed by atoms with Crippen LogP contribution in [-0.2, 0) is 14.3 Å². The number of esters is 1. The molecule has 0 fully saturated rings. The normalized spacial score (nSPS) is 18.2. The summed E-state index contributed by atoms with van der Waals surface area (Å²) in [7, 11) is 2.69. The summed E-state index contributed by atoms with van der Waals surface area (Å²) in [5, 5.41) is 12.6. The van der Waals surface area contributed by atoms with Gasteiger partial charge >= 0.3 is 5.97 Å². The summed E-state index contributed by atoms with van der Waals surface area (Å²) in [4.78, 5) is 23.4. The minimum absolute atomic E-state index is 0.0991. The highest BCUT2D eigenvalue weighted by molar-refractivity contribution is 9.10. The maximum absolute atomic E-state index is 12.0. The first-order valence-corrected chi connectivity index (χ1v) is 6.92. The highest BCUT2D eigenvalue weighted by Gasteiger charge is 2.33. The number of carbonyl (C=O) groups is 2. The molecule has 6 nitrogen and oxygen atoms in total. The molecule has 1 unspecified atom stereocenters. The van der Waals surface area contributed by atoms with Gasteiger partial charge in [-0.3, -0.25) is 4.79 Å². The molecule has 2 N–H and O–H groups in total. The highest BCUT2D eigenvalue weighted by Crippen LogP contribution is 2.33. The molecule has 112 valence electrons. The fourth-order valence-corrected chi connectivity index (χ4v) is 2.65. The molecule has 1 aliphatic heterocycles. The maximum Gasteiger partial charge on any atom is 0.346 e. The fourth-order valence-electron chi connectivity index (χ4n) is 2.12. The quantitative estimate of drug-likeness (QED) is 0.639. The topological polar surface area (TPSA) is 84.9 Å². The zero-order valence-electron chi connectivity index (χ0n) is 11.5. The smallest absolute Gasteiger partial charge is 0.346 e. The molecular formula is C14H14BrNO5. The number of aliphatic hydroxyl groups excluding tert-OH is 1. The molecule has 2 rings (SSSR count). The second-order valence-corrected chi connectivity index (χ2v) is 5.29. The van der Waals surface area contributed by atoms with Gasteiger partial charge in [-0.15, -0.1) is 0 Å². The second-order valence-electron chi connectivity index (χ2n) is 4.43. The minimum atomic E-state index is -0.854. The Hall–Kier alpha value is -2.02. The van der Waals surface area contributed by atoms with Crippen LogP contribution in [0.3, 0.4) is 0 Å². The first kappa shape index (κ1) is 15.4. The maximum atomic E-state index is 12.0. The number of benzene rings is 1. The number of ether oxygens (including phenoxy) is 2. The van der Waals surface area contributed by atoms with Gasteiger partial charge in [0.25, 0.3) is 5.91 Å². The molecule has 0 aromatic heterocycles. The van der Waals surface area contributed by atoms with Crippen molar-refractivity contribution in [3.05, 3.63) is 39.6 Å². The zero-order valence-corrected chi connectivity index (χ0v) is 13.1. The Kier molecular flexibility index (Phi) is 4.52. The third kappa shape index (κ3) is 3.02. The summed E-state index contributed by atoms with van der Waals surface area (Å²) in [6.07, 6.45) is 0.0991. The van der Waals surface area contributed by atoms with Gasteiger partial charge < -0.3 is 19.9 Å². The van der Waals surface area contributed by atoms with Crippen LogP contribution in [0, 0.1) is 0 Å². The minimum Gasteiger partial charge on any atom is -0.511 e. The number of nitrogens with one attached hydrogen (secondary N) is 1. The summed E-state index contributed by atoms with van der Waals surface area (Å²) in [6, 6.07) is 4.85. The molecule has 0 aliphatic carbocycles. The largest absolute Gasteiger partial charge is 0.511 e. The molecule has 0 radical (unpaired) electrons. The van der Waals surface area contributed by atoms with E-state index in [0.29, 0.717) is 5.75 Å². The summed E-state index contributed by atoms with van der Waals surface area (Å²) in [6.45, 7) is 0. The van der Waals surface area contributed by atoms with Gasteiger partial charge in [-0.2, -0.15) is 0 Å². The number of hydrogen-bond acceptors (Lipinski definition) is 5. The molecule has 0 saturated carbocycles. The van der Waals surface area contributed by atoms with E-state index in [1.54, 1.807) is 25.3 Å². The average molecular weight is 356 g/mol. The van der Waals surface area contributed by atoms with Crippen molar-refractivity contribution in [3.63, 3.8) is 0 Å². The number of amides is 1. The number of methoxy groups -OCH3 is 2. The fraction of sp³-hybridized carbons (Fsp3) is 0.286. The lowest BCUT2D eigenvalue weighted by molar-refractivity contribution is -0.138. The zero-order chi connectivity index (χ0) is 15.6. The monoisotopic (exact) mass is 355 g/mol. The van der Waals surface area contributed by atoms with E-state index in [4.69, 9.17) is 4.74 Å². The predicted molar refractivity (Wildman–Crippen MR) is 77.9 cm³/mol. The molecule has 1 aromatic carbocycles. The van der Waals surface area contributed by atoms with Gasteiger partial charge in [0.05, 0.1) is 20.3 Å². The lowest BCUT2D eigenvalue weighted by Gasteiger charge is -2.25. The van der Waals surface area contributed by atoms with Crippen LogP contribution in [0.4, 0.5) is 0 Å². The van der Waals surface area contributed by atoms with Crippen molar-refractivity contribution in [2.24, 2.45) is 0 Å². The van der Waals surface area contributed by atoms with Gasteiger partial charge in [-0.1, -0.05) is 15.9 Å². The molecular weight excluding hydrogens is 342 g/mol. The van der Waals surface area contributed by atoms with E-state index < -0.39 is 17.9 Å². The van der Waals surface area contributed by atoms with Gasteiger partial charge in [-0.05, 0) is 23.8 Å². The standard InChI is InChI=1S/C14H14BrNO5/c1-20-7-3-4-9(15)8(5-7)10-6-11(17)12(13(18)16-10)14(19)21-2/h3-5,10,17H,6H2,1-2H3,(H,16,18). The molecule has 0 spiro atoms. The molecule has 1 aliphatic rings. The van der Waals surface area contributed by atoms with Crippen LogP contribution >= 0.6 is 15.9 Å². The van der Waals surface area contributed by atoms with Gasteiger partial charge in [0.1, 0.15) is 11.5 Å². The van der Waals surface area contributed by atoms with Gasteiger partial charge in [0.15, 0.2) is 5.57 Å². The molecule has 1 aromatic rings. The SMILES string of the molecule is COC(=O)C1=C(O)CC(c2cc(OC)ccc2Br)NC1=O. The van der Waals surface area contributed by atoms with Gasteiger partial charge in [0.2, 0.25) is 0 Å². The predicted octanol–water partition coefficient (Wildman–Crippen LogP) is 2.00. The van der Waals surface area contributed by atoms with Crippen molar-refractivity contribution in [3.8, 4) is 5.75 Å². The Morgan fingerprint density at radius 1 is 1.43 bits per heavy atom.